The topological polar surface area (TPSA) is 29.0 Å². The Bertz CT molecular complexity index is 264. The highest BCUT2D eigenvalue weighted by molar-refractivity contribution is 9.09. The molecule has 2 atom stereocenters. The lowest BCUT2D eigenvalue weighted by Crippen LogP contribution is -2.43. The van der Waals surface area contributed by atoms with Crippen LogP contribution in [0.5, 0.6) is 0 Å². The lowest BCUT2D eigenvalue weighted by molar-refractivity contribution is 0.502. The second kappa shape index (κ2) is 3.92. The first kappa shape index (κ1) is 9.40. The lowest BCUT2D eigenvalue weighted by Gasteiger charge is -2.36. The van der Waals surface area contributed by atoms with Crippen LogP contribution in [0.1, 0.15) is 19.8 Å². The Labute approximate surface area is 90.5 Å². The molecule has 2 unspecified atom stereocenters. The van der Waals surface area contributed by atoms with Gasteiger partial charge in [-0.25, -0.2) is 4.98 Å². The molecule has 0 bridgehead atoms. The maximum Gasteiger partial charge on any atom is 0.205 e. The van der Waals surface area contributed by atoms with Crippen LogP contribution < -0.4 is 4.90 Å². The van der Waals surface area contributed by atoms with Crippen molar-refractivity contribution in [2.75, 3.05) is 11.4 Å². The summed E-state index contributed by atoms with van der Waals surface area (Å²) in [4.78, 5) is 7.16. The van der Waals surface area contributed by atoms with Gasteiger partial charge in [0.25, 0.3) is 0 Å². The molecule has 2 heterocycles. The predicted octanol–water partition coefficient (Wildman–Crippen LogP) is 2.29. The molecule has 5 heteroatoms. The second-order valence-electron chi connectivity index (χ2n) is 3.32. The van der Waals surface area contributed by atoms with Gasteiger partial charge in [0.2, 0.25) is 5.13 Å². The van der Waals surface area contributed by atoms with Crippen molar-refractivity contribution in [3.05, 3.63) is 6.33 Å². The van der Waals surface area contributed by atoms with Crippen LogP contribution in [0.25, 0.3) is 0 Å². The number of halogens is 1. The van der Waals surface area contributed by atoms with E-state index in [-0.39, 0.29) is 0 Å². The Morgan fingerprint density at radius 1 is 1.69 bits per heavy atom. The summed E-state index contributed by atoms with van der Waals surface area (Å²) in [6.45, 7) is 3.35. The third-order valence-electron chi connectivity index (χ3n) is 2.49. The van der Waals surface area contributed by atoms with E-state index in [1.807, 2.05) is 0 Å². The number of anilines is 1. The molecule has 1 saturated heterocycles. The number of rotatable bonds is 1. The van der Waals surface area contributed by atoms with Gasteiger partial charge in [0, 0.05) is 28.9 Å². The van der Waals surface area contributed by atoms with Gasteiger partial charge in [-0.15, -0.1) is 0 Å². The van der Waals surface area contributed by atoms with Gasteiger partial charge < -0.3 is 4.90 Å². The Morgan fingerprint density at radius 2 is 2.54 bits per heavy atom. The van der Waals surface area contributed by atoms with Crippen molar-refractivity contribution < 1.29 is 0 Å². The summed E-state index contributed by atoms with van der Waals surface area (Å²) >= 11 is 5.17. The Balaban J connectivity index is 2.14. The van der Waals surface area contributed by atoms with Crippen LogP contribution >= 0.6 is 27.5 Å². The van der Waals surface area contributed by atoms with Gasteiger partial charge in [-0.05, 0) is 19.8 Å². The average molecular weight is 262 g/mol. The van der Waals surface area contributed by atoms with E-state index in [1.54, 1.807) is 6.33 Å². The second-order valence-corrected chi connectivity index (χ2v) is 5.25. The van der Waals surface area contributed by atoms with Gasteiger partial charge in [0.15, 0.2) is 0 Å². The SMILES string of the molecule is CC1C(Br)CCCN1c1ncns1. The molecule has 0 N–H and O–H groups in total. The first-order valence-electron chi connectivity index (χ1n) is 4.46. The van der Waals surface area contributed by atoms with E-state index in [0.29, 0.717) is 10.9 Å². The number of alkyl halides is 1. The van der Waals surface area contributed by atoms with Gasteiger partial charge >= 0.3 is 0 Å². The van der Waals surface area contributed by atoms with E-state index in [9.17, 15) is 0 Å². The molecular weight excluding hydrogens is 250 g/mol. The number of nitrogens with zero attached hydrogens (tertiary/aromatic N) is 3. The molecule has 1 aliphatic rings. The Kier molecular flexibility index (Phi) is 2.83. The van der Waals surface area contributed by atoms with E-state index in [4.69, 9.17) is 0 Å². The van der Waals surface area contributed by atoms with Crippen LogP contribution in [0, 0.1) is 0 Å². The number of hydrogen-bond donors (Lipinski definition) is 0. The number of hydrogen-bond acceptors (Lipinski definition) is 4. The van der Waals surface area contributed by atoms with Crippen LogP contribution in [-0.2, 0) is 0 Å². The fourth-order valence-corrected chi connectivity index (χ4v) is 2.91. The standard InChI is InChI=1S/C8H12BrN3S/c1-6-7(9)3-2-4-12(6)8-10-5-11-13-8/h5-7H,2-4H2,1H3. The summed E-state index contributed by atoms with van der Waals surface area (Å²) in [5.74, 6) is 0. The van der Waals surface area contributed by atoms with E-state index in [2.05, 4.69) is 37.1 Å². The highest BCUT2D eigenvalue weighted by atomic mass is 79.9. The molecule has 1 fully saturated rings. The van der Waals surface area contributed by atoms with Gasteiger partial charge in [-0.2, -0.15) is 4.37 Å². The number of piperidine rings is 1. The van der Waals surface area contributed by atoms with Crippen LogP contribution in [0.15, 0.2) is 6.33 Å². The summed E-state index contributed by atoms with van der Waals surface area (Å²) in [6, 6.07) is 0.529. The highest BCUT2D eigenvalue weighted by Gasteiger charge is 2.27. The van der Waals surface area contributed by atoms with Gasteiger partial charge in [-0.1, -0.05) is 15.9 Å². The minimum absolute atomic E-state index is 0.529. The number of aromatic nitrogens is 2. The van der Waals surface area contributed by atoms with Crippen molar-refractivity contribution in [2.24, 2.45) is 0 Å². The molecule has 13 heavy (non-hydrogen) atoms. The van der Waals surface area contributed by atoms with Crippen LogP contribution in [0.3, 0.4) is 0 Å². The minimum atomic E-state index is 0.529. The molecule has 0 aromatic carbocycles. The molecule has 1 aromatic heterocycles. The van der Waals surface area contributed by atoms with Crippen molar-refractivity contribution in [1.29, 1.82) is 0 Å². The molecule has 3 nitrogen and oxygen atoms in total. The fraction of sp³-hybridized carbons (Fsp3) is 0.750. The van der Waals surface area contributed by atoms with E-state index >= 15 is 0 Å². The van der Waals surface area contributed by atoms with Gasteiger partial charge in [0.1, 0.15) is 6.33 Å². The Hall–Kier alpha value is -0.160. The normalized spacial score (nSPS) is 29.2. The molecule has 0 amide bonds. The largest absolute Gasteiger partial charge is 0.343 e. The molecule has 0 saturated carbocycles. The molecule has 1 aromatic rings. The van der Waals surface area contributed by atoms with Crippen molar-refractivity contribution in [3.8, 4) is 0 Å². The first-order chi connectivity index (χ1) is 6.29. The summed E-state index contributed by atoms with van der Waals surface area (Å²) in [7, 11) is 0. The molecule has 1 aliphatic heterocycles. The predicted molar refractivity (Wildman–Crippen MR) is 58.7 cm³/mol. The Morgan fingerprint density at radius 3 is 3.23 bits per heavy atom. The zero-order valence-electron chi connectivity index (χ0n) is 7.48. The molecule has 2 rings (SSSR count). The van der Waals surface area contributed by atoms with E-state index < -0.39 is 0 Å². The zero-order chi connectivity index (χ0) is 9.26. The molecule has 0 spiro atoms. The fourth-order valence-electron chi connectivity index (χ4n) is 1.66. The zero-order valence-corrected chi connectivity index (χ0v) is 9.88. The molecule has 0 aliphatic carbocycles. The first-order valence-corrected chi connectivity index (χ1v) is 6.15. The average Bonchev–Trinajstić information content (AvgIpc) is 2.62. The summed E-state index contributed by atoms with van der Waals surface area (Å²) in [5, 5.41) is 1.05. The smallest absolute Gasteiger partial charge is 0.205 e. The van der Waals surface area contributed by atoms with Gasteiger partial charge in [0.05, 0.1) is 0 Å². The molecular formula is C8H12BrN3S. The van der Waals surface area contributed by atoms with Crippen molar-refractivity contribution in [2.45, 2.75) is 30.6 Å². The van der Waals surface area contributed by atoms with Crippen LogP contribution in [0.4, 0.5) is 5.13 Å². The van der Waals surface area contributed by atoms with Crippen molar-refractivity contribution in [3.63, 3.8) is 0 Å². The summed E-state index contributed by atoms with van der Waals surface area (Å²) in [5.41, 5.74) is 0. The third-order valence-corrected chi connectivity index (χ3v) is 4.42. The highest BCUT2D eigenvalue weighted by Crippen LogP contribution is 2.28. The van der Waals surface area contributed by atoms with E-state index in [0.717, 1.165) is 11.7 Å². The van der Waals surface area contributed by atoms with Crippen molar-refractivity contribution in [1.82, 2.24) is 9.36 Å². The maximum absolute atomic E-state index is 4.24. The van der Waals surface area contributed by atoms with Crippen LogP contribution in [-0.4, -0.2) is 26.8 Å². The maximum atomic E-state index is 4.24. The van der Waals surface area contributed by atoms with Crippen LogP contribution in [0.2, 0.25) is 0 Å². The third kappa shape index (κ3) is 1.86. The van der Waals surface area contributed by atoms with Crippen molar-refractivity contribution >= 4 is 32.6 Å². The molecule has 0 radical (unpaired) electrons. The summed E-state index contributed by atoms with van der Waals surface area (Å²) in [6.07, 6.45) is 4.13. The molecule has 72 valence electrons. The lowest BCUT2D eigenvalue weighted by atomic mass is 10.0. The minimum Gasteiger partial charge on any atom is -0.343 e. The monoisotopic (exact) mass is 261 g/mol. The summed E-state index contributed by atoms with van der Waals surface area (Å²) < 4.78 is 4.03. The van der Waals surface area contributed by atoms with Gasteiger partial charge in [-0.3, -0.25) is 0 Å². The quantitative estimate of drug-likeness (QED) is 0.727. The van der Waals surface area contributed by atoms with E-state index in [1.165, 1.54) is 24.4 Å².